The van der Waals surface area contributed by atoms with Crippen molar-refractivity contribution in [3.8, 4) is 0 Å². The number of hydrogen-bond donors (Lipinski definition) is 5. The highest BCUT2D eigenvalue weighted by Gasteiger charge is 2.38. The molecule has 3 aromatic rings. The van der Waals surface area contributed by atoms with E-state index in [1.54, 1.807) is 12.5 Å². The van der Waals surface area contributed by atoms with Crippen LogP contribution in [0.4, 0.5) is 35.1 Å². The third kappa shape index (κ3) is 14.2. The number of alkyl halides is 6. The van der Waals surface area contributed by atoms with E-state index in [1.165, 1.54) is 6.07 Å². The largest absolute Gasteiger partial charge is 0.490 e. The SMILES string of the molecule is NC(=NCCCc1cnc[nH]1)NC(=O)CC(c1ccccc1)c1ccc(F)c(F)c1.O=C(O)C(F)(F)F.O=C(O)C(F)(F)F. The molecule has 6 N–H and O–H groups in total. The molecule has 0 saturated carbocycles. The minimum Gasteiger partial charge on any atom is -0.475 e. The van der Waals surface area contributed by atoms with E-state index in [0.29, 0.717) is 12.1 Å². The van der Waals surface area contributed by atoms with Gasteiger partial charge in [0.25, 0.3) is 0 Å². The molecule has 1 unspecified atom stereocenters. The van der Waals surface area contributed by atoms with E-state index in [1.807, 2.05) is 30.3 Å². The second-order valence-electron chi connectivity index (χ2n) is 8.44. The first-order valence-electron chi connectivity index (χ1n) is 12.1. The molecule has 1 atom stereocenters. The first kappa shape index (κ1) is 37.0. The second-order valence-corrected chi connectivity index (χ2v) is 8.44. The van der Waals surface area contributed by atoms with Gasteiger partial charge in [-0.3, -0.25) is 15.1 Å². The van der Waals surface area contributed by atoms with Gasteiger partial charge in [0.1, 0.15) is 0 Å². The minimum atomic E-state index is -5.08. The lowest BCUT2D eigenvalue weighted by atomic mass is 9.88. The maximum absolute atomic E-state index is 13.8. The van der Waals surface area contributed by atoms with Gasteiger partial charge in [-0.1, -0.05) is 36.4 Å². The summed E-state index contributed by atoms with van der Waals surface area (Å²) in [4.78, 5) is 41.4. The molecule has 0 aliphatic rings. The fraction of sp³-hybridized carbons (Fsp3) is 0.269. The zero-order valence-corrected chi connectivity index (χ0v) is 22.3. The summed E-state index contributed by atoms with van der Waals surface area (Å²) in [5.41, 5.74) is 8.14. The molecule has 0 fully saturated rings. The molecule has 2 aromatic carbocycles. The van der Waals surface area contributed by atoms with Gasteiger partial charge in [0, 0.05) is 30.8 Å². The number of nitrogens with two attached hydrogens (primary N) is 1. The van der Waals surface area contributed by atoms with Crippen LogP contribution in [0.2, 0.25) is 0 Å². The molecule has 1 amide bonds. The molecule has 0 aliphatic heterocycles. The van der Waals surface area contributed by atoms with Crippen LogP contribution in [0.15, 0.2) is 66.0 Å². The number of carboxylic acids is 2. The number of carbonyl (C=O) groups excluding carboxylic acids is 1. The number of rotatable bonds is 8. The van der Waals surface area contributed by atoms with Crippen molar-refractivity contribution in [2.75, 3.05) is 6.54 Å². The maximum atomic E-state index is 13.8. The number of imidazole rings is 1. The Morgan fingerprint density at radius 3 is 1.95 bits per heavy atom. The number of carbonyl (C=O) groups is 3. The van der Waals surface area contributed by atoms with Crippen molar-refractivity contribution in [2.24, 2.45) is 10.7 Å². The average Bonchev–Trinajstić information content (AvgIpc) is 3.45. The van der Waals surface area contributed by atoms with Crippen LogP contribution in [-0.2, 0) is 20.8 Å². The fourth-order valence-corrected chi connectivity index (χ4v) is 3.15. The van der Waals surface area contributed by atoms with Gasteiger partial charge >= 0.3 is 24.3 Å². The van der Waals surface area contributed by atoms with E-state index < -0.39 is 41.8 Å². The second kappa shape index (κ2) is 17.2. The molecule has 240 valence electrons. The number of H-pyrrole nitrogens is 1. The van der Waals surface area contributed by atoms with Crippen LogP contribution in [0.5, 0.6) is 0 Å². The number of aryl methyl sites for hydroxylation is 1. The zero-order valence-electron chi connectivity index (χ0n) is 22.3. The van der Waals surface area contributed by atoms with Crippen LogP contribution < -0.4 is 11.1 Å². The molecule has 10 nitrogen and oxygen atoms in total. The summed E-state index contributed by atoms with van der Waals surface area (Å²) >= 11 is 0. The smallest absolute Gasteiger partial charge is 0.475 e. The number of nitrogens with one attached hydrogen (secondary N) is 2. The van der Waals surface area contributed by atoms with Gasteiger partial charge in [-0.25, -0.2) is 23.4 Å². The molecule has 0 aliphatic carbocycles. The molecule has 1 heterocycles. The number of carboxylic acid groups (broad SMARTS) is 2. The first-order valence-corrected chi connectivity index (χ1v) is 12.1. The number of aliphatic imine (C=N–C) groups is 1. The van der Waals surface area contributed by atoms with Crippen LogP contribution in [0, 0.1) is 11.6 Å². The molecular weight excluding hydrogens is 614 g/mol. The van der Waals surface area contributed by atoms with E-state index in [-0.39, 0.29) is 18.3 Å². The number of aromatic nitrogens is 2. The van der Waals surface area contributed by atoms with Gasteiger partial charge in [0.15, 0.2) is 17.6 Å². The Morgan fingerprint density at radius 2 is 1.48 bits per heavy atom. The van der Waals surface area contributed by atoms with Gasteiger partial charge in [0.05, 0.1) is 6.33 Å². The number of nitrogens with zero attached hydrogens (tertiary/aromatic N) is 2. The lowest BCUT2D eigenvalue weighted by Gasteiger charge is -2.18. The Kier molecular flexibility index (Phi) is 14.4. The lowest BCUT2D eigenvalue weighted by Crippen LogP contribution is -2.37. The Hall–Kier alpha value is -5.03. The summed E-state index contributed by atoms with van der Waals surface area (Å²) in [5.74, 6) is -8.17. The van der Waals surface area contributed by atoms with Crippen LogP contribution >= 0.6 is 0 Å². The predicted molar refractivity (Wildman–Crippen MR) is 138 cm³/mol. The quantitative estimate of drug-likeness (QED) is 0.104. The Bertz CT molecular complexity index is 1360. The number of benzene rings is 2. The van der Waals surface area contributed by atoms with Crippen LogP contribution in [0.1, 0.15) is 35.6 Å². The number of aliphatic carboxylic acids is 2. The molecule has 0 saturated heterocycles. The van der Waals surface area contributed by atoms with Crippen molar-refractivity contribution in [2.45, 2.75) is 37.5 Å². The van der Waals surface area contributed by atoms with E-state index in [9.17, 15) is 39.9 Å². The normalized spacial score (nSPS) is 12.1. The highest BCUT2D eigenvalue weighted by Crippen LogP contribution is 2.29. The van der Waals surface area contributed by atoms with E-state index in [0.717, 1.165) is 36.2 Å². The van der Waals surface area contributed by atoms with Crippen molar-refractivity contribution in [3.63, 3.8) is 0 Å². The molecular formula is C26H25F8N5O5. The van der Waals surface area contributed by atoms with Gasteiger partial charge in [-0.05, 0) is 36.1 Å². The van der Waals surface area contributed by atoms with Gasteiger partial charge in [-0.15, -0.1) is 0 Å². The molecule has 44 heavy (non-hydrogen) atoms. The molecule has 0 spiro atoms. The monoisotopic (exact) mass is 639 g/mol. The number of guanidine groups is 1. The summed E-state index contributed by atoms with van der Waals surface area (Å²) in [7, 11) is 0. The lowest BCUT2D eigenvalue weighted by molar-refractivity contribution is -0.193. The first-order chi connectivity index (χ1) is 20.4. The van der Waals surface area contributed by atoms with E-state index >= 15 is 0 Å². The number of aromatic amines is 1. The van der Waals surface area contributed by atoms with E-state index in [2.05, 4.69) is 20.3 Å². The van der Waals surface area contributed by atoms with Gasteiger partial charge < -0.3 is 20.9 Å². The summed E-state index contributed by atoms with van der Waals surface area (Å²) in [6.07, 6.45) is -5.27. The number of hydrogen-bond acceptors (Lipinski definition) is 5. The van der Waals surface area contributed by atoms with Crippen LogP contribution in [0.25, 0.3) is 0 Å². The summed E-state index contributed by atoms with van der Waals surface area (Å²) < 4.78 is 90.6. The van der Waals surface area contributed by atoms with Crippen molar-refractivity contribution in [1.82, 2.24) is 15.3 Å². The van der Waals surface area contributed by atoms with Crippen LogP contribution in [-0.4, -0.2) is 62.9 Å². The molecule has 0 bridgehead atoms. The maximum Gasteiger partial charge on any atom is 0.490 e. The fourth-order valence-electron chi connectivity index (χ4n) is 3.15. The topological polar surface area (TPSA) is 171 Å². The molecule has 18 heteroatoms. The summed E-state index contributed by atoms with van der Waals surface area (Å²) in [6.45, 7) is 0.455. The standard InChI is InChI=1S/C22H23F2N5O.2C2HF3O2/c23-19-9-8-16(11-20(19)24)18(15-5-2-1-3-6-15)12-21(30)29-22(25)27-10-4-7-17-13-26-14-28-17;2*3-2(4,5)1(6)7/h1-3,5-6,8-9,11,13-14,18H,4,7,10,12H2,(H,26,28)(H3,25,27,29,30);2*(H,6,7). The average molecular weight is 640 g/mol. The highest BCUT2D eigenvalue weighted by atomic mass is 19.4. The van der Waals surface area contributed by atoms with E-state index in [4.69, 9.17) is 25.5 Å². The third-order valence-electron chi connectivity index (χ3n) is 5.13. The van der Waals surface area contributed by atoms with Gasteiger partial charge in [-0.2, -0.15) is 26.3 Å². The summed E-state index contributed by atoms with van der Waals surface area (Å²) in [6, 6.07) is 12.8. The molecule has 0 radical (unpaired) electrons. The highest BCUT2D eigenvalue weighted by molar-refractivity contribution is 5.96. The van der Waals surface area contributed by atoms with Crippen LogP contribution in [0.3, 0.4) is 0 Å². The Morgan fingerprint density at radius 1 is 0.909 bits per heavy atom. The number of amides is 1. The van der Waals surface area contributed by atoms with Crippen molar-refractivity contribution in [1.29, 1.82) is 0 Å². The minimum absolute atomic E-state index is 0.0133. The summed E-state index contributed by atoms with van der Waals surface area (Å²) in [5, 5.41) is 16.8. The number of halogens is 8. The van der Waals surface area contributed by atoms with Gasteiger partial charge in [0.2, 0.25) is 5.91 Å². The van der Waals surface area contributed by atoms with Crippen molar-refractivity contribution < 1.29 is 59.7 Å². The van der Waals surface area contributed by atoms with Crippen molar-refractivity contribution in [3.05, 3.63) is 89.5 Å². The third-order valence-corrected chi connectivity index (χ3v) is 5.13. The molecule has 1 aromatic heterocycles. The Balaban J connectivity index is 0.000000574. The van der Waals surface area contributed by atoms with Crippen molar-refractivity contribution >= 4 is 23.8 Å². The molecule has 3 rings (SSSR count). The Labute approximate surface area is 243 Å². The predicted octanol–water partition coefficient (Wildman–Crippen LogP) is 4.54. The zero-order chi connectivity index (χ0) is 33.5.